The van der Waals surface area contributed by atoms with Crippen LogP contribution in [0, 0.1) is 0 Å². The summed E-state index contributed by atoms with van der Waals surface area (Å²) in [6, 6.07) is 12.2. The molecule has 0 atom stereocenters. The van der Waals surface area contributed by atoms with Gasteiger partial charge in [0.25, 0.3) is 0 Å². The van der Waals surface area contributed by atoms with Crippen LogP contribution >= 0.6 is 11.8 Å². The van der Waals surface area contributed by atoms with Gasteiger partial charge in [-0.25, -0.2) is 0 Å². The highest BCUT2D eigenvalue weighted by Gasteiger charge is 2.14. The number of carbonyl (C=O) groups excluding carboxylic acids is 2. The number of rotatable bonds is 9. The molecule has 0 aliphatic rings. The summed E-state index contributed by atoms with van der Waals surface area (Å²) in [7, 11) is 3.11. The normalized spacial score (nSPS) is 10.4. The first-order chi connectivity index (χ1) is 15.0. The molecule has 3 aromatic rings. The van der Waals surface area contributed by atoms with E-state index in [0.29, 0.717) is 40.1 Å². The van der Waals surface area contributed by atoms with Gasteiger partial charge in [0, 0.05) is 23.9 Å². The molecule has 0 aliphatic heterocycles. The molecule has 3 rings (SSSR count). The van der Waals surface area contributed by atoms with Crippen molar-refractivity contribution in [3.8, 4) is 17.2 Å². The van der Waals surface area contributed by atoms with Gasteiger partial charge in [0.2, 0.25) is 17.0 Å². The first-order valence-electron chi connectivity index (χ1n) is 9.37. The highest BCUT2D eigenvalue weighted by atomic mass is 32.2. The van der Waals surface area contributed by atoms with Gasteiger partial charge in [-0.15, -0.1) is 5.10 Å². The molecule has 0 fully saturated rings. The molecule has 1 aromatic heterocycles. The summed E-state index contributed by atoms with van der Waals surface area (Å²) in [6.45, 7) is 1.78. The highest BCUT2D eigenvalue weighted by Crippen LogP contribution is 2.30. The molecule has 31 heavy (non-hydrogen) atoms. The van der Waals surface area contributed by atoms with E-state index >= 15 is 0 Å². The van der Waals surface area contributed by atoms with Crippen LogP contribution in [0.1, 0.15) is 13.3 Å². The van der Waals surface area contributed by atoms with Gasteiger partial charge in [0.05, 0.1) is 25.7 Å². The number of aromatic nitrogens is 4. The third kappa shape index (κ3) is 5.72. The number of nitrogens with zero attached hydrogens (tertiary/aromatic N) is 4. The second kappa shape index (κ2) is 10.4. The highest BCUT2D eigenvalue weighted by molar-refractivity contribution is 7.99. The van der Waals surface area contributed by atoms with Crippen molar-refractivity contribution in [2.45, 2.75) is 18.5 Å². The van der Waals surface area contributed by atoms with E-state index in [1.54, 1.807) is 63.6 Å². The largest absolute Gasteiger partial charge is 0.493 e. The van der Waals surface area contributed by atoms with Crippen molar-refractivity contribution in [2.24, 2.45) is 0 Å². The molecule has 2 amide bonds. The Morgan fingerprint density at radius 3 is 2.23 bits per heavy atom. The Bertz CT molecular complexity index is 1050. The SMILES string of the molecule is CCC(=O)Nc1ccc(NC(=O)CSc2nnnn2-c2ccc(OC)c(OC)c2)cc1. The van der Waals surface area contributed by atoms with E-state index in [2.05, 4.69) is 26.2 Å². The number of nitrogens with one attached hydrogen (secondary N) is 2. The van der Waals surface area contributed by atoms with Crippen LogP contribution in [0.2, 0.25) is 0 Å². The minimum absolute atomic E-state index is 0.0691. The monoisotopic (exact) mass is 442 g/mol. The van der Waals surface area contributed by atoms with E-state index in [-0.39, 0.29) is 17.6 Å². The second-order valence-corrected chi connectivity index (χ2v) is 7.17. The standard InChI is InChI=1S/C20H22N6O4S/c1-4-18(27)21-13-5-7-14(8-6-13)22-19(28)12-31-20-23-24-25-26(20)15-9-10-16(29-2)17(11-15)30-3/h5-11H,4,12H2,1-3H3,(H,21,27)(H,22,28). The predicted octanol–water partition coefficient (Wildman–Crippen LogP) is 2.76. The van der Waals surface area contributed by atoms with Crippen LogP contribution in [0.3, 0.4) is 0 Å². The van der Waals surface area contributed by atoms with Gasteiger partial charge in [-0.3, -0.25) is 9.59 Å². The molecule has 0 bridgehead atoms. The summed E-state index contributed by atoms with van der Waals surface area (Å²) in [5.74, 6) is 0.968. The average molecular weight is 443 g/mol. The Balaban J connectivity index is 1.61. The smallest absolute Gasteiger partial charge is 0.234 e. The van der Waals surface area contributed by atoms with Crippen molar-refractivity contribution in [2.75, 3.05) is 30.6 Å². The first-order valence-corrected chi connectivity index (χ1v) is 10.4. The fraction of sp³-hybridized carbons (Fsp3) is 0.250. The Labute approximate surface area is 183 Å². The maximum Gasteiger partial charge on any atom is 0.234 e. The van der Waals surface area contributed by atoms with Crippen molar-refractivity contribution in [1.29, 1.82) is 0 Å². The van der Waals surface area contributed by atoms with Gasteiger partial charge >= 0.3 is 0 Å². The van der Waals surface area contributed by atoms with Crippen molar-refractivity contribution < 1.29 is 19.1 Å². The maximum atomic E-state index is 12.3. The molecule has 0 spiro atoms. The zero-order valence-corrected chi connectivity index (χ0v) is 18.1. The van der Waals surface area contributed by atoms with Gasteiger partial charge in [-0.05, 0) is 46.8 Å². The topological polar surface area (TPSA) is 120 Å². The number of thioether (sulfide) groups is 1. The summed E-state index contributed by atoms with van der Waals surface area (Å²) in [5, 5.41) is 17.7. The predicted molar refractivity (Wildman–Crippen MR) is 117 cm³/mol. The minimum Gasteiger partial charge on any atom is -0.493 e. The first kappa shape index (κ1) is 22.1. The van der Waals surface area contributed by atoms with Crippen molar-refractivity contribution in [1.82, 2.24) is 20.2 Å². The van der Waals surface area contributed by atoms with Gasteiger partial charge < -0.3 is 20.1 Å². The Morgan fingerprint density at radius 2 is 1.61 bits per heavy atom. The molecule has 1 heterocycles. The third-order valence-electron chi connectivity index (χ3n) is 4.16. The number of methoxy groups -OCH3 is 2. The maximum absolute atomic E-state index is 12.3. The van der Waals surface area contributed by atoms with Crippen LogP contribution in [-0.4, -0.2) is 52.0 Å². The zero-order valence-electron chi connectivity index (χ0n) is 17.3. The molecule has 2 aromatic carbocycles. The van der Waals surface area contributed by atoms with E-state index < -0.39 is 0 Å². The lowest BCUT2D eigenvalue weighted by molar-refractivity contribution is -0.116. The molecule has 0 unspecified atom stereocenters. The number of hydrogen-bond donors (Lipinski definition) is 2. The average Bonchev–Trinajstić information content (AvgIpc) is 3.27. The fourth-order valence-corrected chi connectivity index (χ4v) is 3.29. The van der Waals surface area contributed by atoms with E-state index in [9.17, 15) is 9.59 Å². The lowest BCUT2D eigenvalue weighted by Gasteiger charge is -2.10. The lowest BCUT2D eigenvalue weighted by atomic mass is 10.2. The van der Waals surface area contributed by atoms with Crippen molar-refractivity contribution in [3.05, 3.63) is 42.5 Å². The van der Waals surface area contributed by atoms with Crippen LogP contribution in [0.4, 0.5) is 11.4 Å². The summed E-state index contributed by atoms with van der Waals surface area (Å²) < 4.78 is 12.1. The number of amides is 2. The lowest BCUT2D eigenvalue weighted by Crippen LogP contribution is -2.15. The molecule has 11 heteroatoms. The molecule has 2 N–H and O–H groups in total. The zero-order chi connectivity index (χ0) is 22.2. The Kier molecular flexibility index (Phi) is 7.44. The summed E-state index contributed by atoms with van der Waals surface area (Å²) >= 11 is 1.20. The van der Waals surface area contributed by atoms with E-state index in [4.69, 9.17) is 9.47 Å². The van der Waals surface area contributed by atoms with Gasteiger partial charge in [0.1, 0.15) is 0 Å². The molecule has 10 nitrogen and oxygen atoms in total. The molecule has 0 saturated carbocycles. The van der Waals surface area contributed by atoms with Gasteiger partial charge in [0.15, 0.2) is 11.5 Å². The quantitative estimate of drug-likeness (QED) is 0.486. The van der Waals surface area contributed by atoms with Crippen LogP contribution in [0.25, 0.3) is 5.69 Å². The molecule has 162 valence electrons. The summed E-state index contributed by atoms with van der Waals surface area (Å²) in [6.07, 6.45) is 0.401. The number of tetrazole rings is 1. The van der Waals surface area contributed by atoms with E-state index in [0.717, 1.165) is 0 Å². The minimum atomic E-state index is -0.211. The van der Waals surface area contributed by atoms with E-state index in [1.165, 1.54) is 16.4 Å². The second-order valence-electron chi connectivity index (χ2n) is 6.23. The molecule has 0 aliphatic carbocycles. The number of hydrogen-bond acceptors (Lipinski definition) is 8. The number of ether oxygens (including phenoxy) is 2. The summed E-state index contributed by atoms with van der Waals surface area (Å²) in [5.41, 5.74) is 1.98. The Hall–Kier alpha value is -3.60. The van der Waals surface area contributed by atoms with Crippen LogP contribution < -0.4 is 20.1 Å². The molecule has 0 radical (unpaired) electrons. The third-order valence-corrected chi connectivity index (χ3v) is 5.08. The van der Waals surface area contributed by atoms with Gasteiger partial charge in [-0.2, -0.15) is 4.68 Å². The fourth-order valence-electron chi connectivity index (χ4n) is 2.60. The number of benzene rings is 2. The number of carbonyl (C=O) groups is 2. The van der Waals surface area contributed by atoms with Crippen molar-refractivity contribution >= 4 is 35.0 Å². The molecular weight excluding hydrogens is 420 g/mol. The molecular formula is C20H22N6O4S. The Morgan fingerprint density at radius 1 is 0.968 bits per heavy atom. The van der Waals surface area contributed by atoms with Crippen LogP contribution in [0.15, 0.2) is 47.6 Å². The van der Waals surface area contributed by atoms with Crippen LogP contribution in [-0.2, 0) is 9.59 Å². The molecule has 0 saturated heterocycles. The van der Waals surface area contributed by atoms with Crippen molar-refractivity contribution in [3.63, 3.8) is 0 Å². The van der Waals surface area contributed by atoms with E-state index in [1.807, 2.05) is 0 Å². The summed E-state index contributed by atoms with van der Waals surface area (Å²) in [4.78, 5) is 23.8. The number of anilines is 2. The van der Waals surface area contributed by atoms with Crippen LogP contribution in [0.5, 0.6) is 11.5 Å². The van der Waals surface area contributed by atoms with Gasteiger partial charge in [-0.1, -0.05) is 18.7 Å².